The van der Waals surface area contributed by atoms with Crippen LogP contribution in [0.2, 0.25) is 5.02 Å². The van der Waals surface area contributed by atoms with Gasteiger partial charge in [-0.3, -0.25) is 9.59 Å². The normalized spacial score (nSPS) is 15.3. The van der Waals surface area contributed by atoms with Crippen molar-refractivity contribution in [3.8, 4) is 0 Å². The molecule has 0 bridgehead atoms. The predicted octanol–water partition coefficient (Wildman–Crippen LogP) is 1.96. The van der Waals surface area contributed by atoms with Crippen molar-refractivity contribution < 1.29 is 9.59 Å². The molecule has 0 aliphatic carbocycles. The van der Waals surface area contributed by atoms with Gasteiger partial charge in [0.05, 0.1) is 0 Å². The number of hydrogen-bond donors (Lipinski definition) is 0. The predicted molar refractivity (Wildman–Crippen MR) is 78.6 cm³/mol. The Balaban J connectivity index is 1.78. The molecule has 108 valence electrons. The maximum absolute atomic E-state index is 12.1. The van der Waals surface area contributed by atoms with Gasteiger partial charge in [-0.2, -0.15) is 0 Å². The quantitative estimate of drug-likeness (QED) is 0.855. The molecule has 2 rings (SSSR count). The van der Waals surface area contributed by atoms with Gasteiger partial charge in [0.2, 0.25) is 11.8 Å². The molecule has 0 N–H and O–H groups in total. The molecule has 0 aromatic heterocycles. The standard InChI is InChI=1S/C15H19ClN2O2/c1-12(19)17-8-10-18(11-9-17)15(20)7-4-13-2-5-14(16)6-3-13/h2-3,5-6H,4,7-11H2,1H3. The number of nitrogens with zero attached hydrogens (tertiary/aromatic N) is 2. The molecule has 0 atom stereocenters. The molecule has 0 saturated carbocycles. The van der Waals surface area contributed by atoms with Crippen molar-refractivity contribution in [1.29, 1.82) is 0 Å². The smallest absolute Gasteiger partial charge is 0.223 e. The van der Waals surface area contributed by atoms with Crippen LogP contribution in [0.3, 0.4) is 0 Å². The highest BCUT2D eigenvalue weighted by atomic mass is 35.5. The number of carbonyl (C=O) groups excluding carboxylic acids is 2. The number of rotatable bonds is 3. The molecular formula is C15H19ClN2O2. The first-order valence-electron chi connectivity index (χ1n) is 6.84. The summed E-state index contributed by atoms with van der Waals surface area (Å²) in [5.74, 6) is 0.237. The van der Waals surface area contributed by atoms with E-state index in [4.69, 9.17) is 11.6 Å². The largest absolute Gasteiger partial charge is 0.339 e. The lowest BCUT2D eigenvalue weighted by Gasteiger charge is -2.34. The van der Waals surface area contributed by atoms with Gasteiger partial charge in [0.15, 0.2) is 0 Å². The van der Waals surface area contributed by atoms with Crippen LogP contribution in [0.15, 0.2) is 24.3 Å². The molecule has 0 unspecified atom stereocenters. The minimum absolute atomic E-state index is 0.0817. The highest BCUT2D eigenvalue weighted by Gasteiger charge is 2.21. The van der Waals surface area contributed by atoms with Gasteiger partial charge in [0.25, 0.3) is 0 Å². The summed E-state index contributed by atoms with van der Waals surface area (Å²) in [6.07, 6.45) is 1.23. The van der Waals surface area contributed by atoms with Crippen LogP contribution in [0.1, 0.15) is 18.9 Å². The van der Waals surface area contributed by atoms with Crippen LogP contribution in [0.5, 0.6) is 0 Å². The summed E-state index contributed by atoms with van der Waals surface area (Å²) in [7, 11) is 0. The monoisotopic (exact) mass is 294 g/mol. The van der Waals surface area contributed by atoms with Crippen molar-refractivity contribution in [2.75, 3.05) is 26.2 Å². The molecule has 1 aliphatic heterocycles. The lowest BCUT2D eigenvalue weighted by Crippen LogP contribution is -2.50. The Kier molecular flexibility index (Phi) is 5.01. The number of hydrogen-bond acceptors (Lipinski definition) is 2. The van der Waals surface area contributed by atoms with Crippen LogP contribution in [-0.2, 0) is 16.0 Å². The van der Waals surface area contributed by atoms with E-state index in [1.54, 1.807) is 11.8 Å². The lowest BCUT2D eigenvalue weighted by atomic mass is 10.1. The summed E-state index contributed by atoms with van der Waals surface area (Å²) in [5.41, 5.74) is 1.12. The van der Waals surface area contributed by atoms with Crippen LogP contribution in [0, 0.1) is 0 Å². The second kappa shape index (κ2) is 6.75. The fourth-order valence-electron chi connectivity index (χ4n) is 2.33. The van der Waals surface area contributed by atoms with Crippen molar-refractivity contribution in [2.45, 2.75) is 19.8 Å². The zero-order valence-electron chi connectivity index (χ0n) is 11.6. The molecule has 1 aromatic carbocycles. The van der Waals surface area contributed by atoms with Crippen molar-refractivity contribution in [3.05, 3.63) is 34.9 Å². The van der Waals surface area contributed by atoms with Gasteiger partial charge >= 0.3 is 0 Å². The van der Waals surface area contributed by atoms with Gasteiger partial charge in [-0.25, -0.2) is 0 Å². The average molecular weight is 295 g/mol. The molecule has 1 saturated heterocycles. The molecule has 1 heterocycles. The molecule has 20 heavy (non-hydrogen) atoms. The van der Waals surface area contributed by atoms with E-state index in [2.05, 4.69) is 0 Å². The zero-order valence-corrected chi connectivity index (χ0v) is 12.4. The van der Waals surface area contributed by atoms with Crippen LogP contribution in [0.4, 0.5) is 0 Å². The zero-order chi connectivity index (χ0) is 14.5. The third-order valence-corrected chi connectivity index (χ3v) is 3.87. The molecule has 1 aromatic rings. The fraction of sp³-hybridized carbons (Fsp3) is 0.467. The second-order valence-electron chi connectivity index (χ2n) is 5.01. The minimum Gasteiger partial charge on any atom is -0.339 e. The van der Waals surface area contributed by atoms with Gasteiger partial charge in [-0.05, 0) is 24.1 Å². The number of aryl methyl sites for hydroxylation is 1. The lowest BCUT2D eigenvalue weighted by molar-refractivity contribution is -0.138. The van der Waals surface area contributed by atoms with Gasteiger partial charge in [-0.1, -0.05) is 23.7 Å². The minimum atomic E-state index is 0.0817. The summed E-state index contributed by atoms with van der Waals surface area (Å²) in [5, 5.41) is 0.709. The van der Waals surface area contributed by atoms with Crippen molar-refractivity contribution >= 4 is 23.4 Å². The average Bonchev–Trinajstić information content (AvgIpc) is 2.46. The maximum atomic E-state index is 12.1. The second-order valence-corrected chi connectivity index (χ2v) is 5.45. The summed E-state index contributed by atoms with van der Waals surface area (Å²) < 4.78 is 0. The first-order valence-corrected chi connectivity index (χ1v) is 7.22. The number of amides is 2. The van der Waals surface area contributed by atoms with E-state index >= 15 is 0 Å². The Morgan fingerprint density at radius 1 is 1.05 bits per heavy atom. The van der Waals surface area contributed by atoms with Crippen molar-refractivity contribution in [3.63, 3.8) is 0 Å². The number of halogens is 1. The summed E-state index contributed by atoms with van der Waals surface area (Å²) >= 11 is 5.83. The van der Waals surface area contributed by atoms with Crippen molar-refractivity contribution in [2.24, 2.45) is 0 Å². The van der Waals surface area contributed by atoms with E-state index < -0.39 is 0 Å². The molecule has 1 fully saturated rings. The summed E-state index contributed by atoms with van der Waals surface area (Å²) in [6, 6.07) is 7.58. The van der Waals surface area contributed by atoms with E-state index in [1.807, 2.05) is 29.2 Å². The summed E-state index contributed by atoms with van der Waals surface area (Å²) in [6.45, 7) is 4.13. The number of carbonyl (C=O) groups is 2. The van der Waals surface area contributed by atoms with Crippen LogP contribution in [0.25, 0.3) is 0 Å². The van der Waals surface area contributed by atoms with Crippen LogP contribution >= 0.6 is 11.6 Å². The van der Waals surface area contributed by atoms with Gasteiger partial charge < -0.3 is 9.80 Å². The van der Waals surface area contributed by atoms with E-state index in [0.717, 1.165) is 12.0 Å². The fourth-order valence-corrected chi connectivity index (χ4v) is 2.46. The summed E-state index contributed by atoms with van der Waals surface area (Å²) in [4.78, 5) is 27.0. The van der Waals surface area contributed by atoms with E-state index in [-0.39, 0.29) is 11.8 Å². The highest BCUT2D eigenvalue weighted by Crippen LogP contribution is 2.12. The third-order valence-electron chi connectivity index (χ3n) is 3.62. The molecule has 2 amide bonds. The Morgan fingerprint density at radius 2 is 1.60 bits per heavy atom. The highest BCUT2D eigenvalue weighted by molar-refractivity contribution is 6.30. The van der Waals surface area contributed by atoms with Gasteiger partial charge in [0, 0.05) is 44.5 Å². The van der Waals surface area contributed by atoms with Gasteiger partial charge in [-0.15, -0.1) is 0 Å². The van der Waals surface area contributed by atoms with E-state index in [9.17, 15) is 9.59 Å². The molecular weight excluding hydrogens is 276 g/mol. The van der Waals surface area contributed by atoms with Crippen LogP contribution < -0.4 is 0 Å². The number of piperazine rings is 1. The SMILES string of the molecule is CC(=O)N1CCN(C(=O)CCc2ccc(Cl)cc2)CC1. The molecule has 5 heteroatoms. The van der Waals surface area contributed by atoms with E-state index in [0.29, 0.717) is 37.6 Å². The van der Waals surface area contributed by atoms with Gasteiger partial charge in [0.1, 0.15) is 0 Å². The maximum Gasteiger partial charge on any atom is 0.223 e. The van der Waals surface area contributed by atoms with Crippen LogP contribution in [-0.4, -0.2) is 47.8 Å². The molecule has 0 radical (unpaired) electrons. The Morgan fingerprint density at radius 3 is 2.15 bits per heavy atom. The Hall–Kier alpha value is -1.55. The topological polar surface area (TPSA) is 40.6 Å². The number of benzene rings is 1. The van der Waals surface area contributed by atoms with Crippen molar-refractivity contribution in [1.82, 2.24) is 9.80 Å². The van der Waals surface area contributed by atoms with E-state index in [1.165, 1.54) is 0 Å². The Labute approximate surface area is 124 Å². The first-order chi connectivity index (χ1) is 9.56. The first kappa shape index (κ1) is 14.9. The molecule has 0 spiro atoms. The molecule has 1 aliphatic rings. The third kappa shape index (κ3) is 3.97. The Bertz CT molecular complexity index is 479. The molecule has 4 nitrogen and oxygen atoms in total.